The number of imidazole rings is 1. The highest BCUT2D eigenvalue weighted by atomic mass is 16.4. The second-order valence-corrected chi connectivity index (χ2v) is 6.44. The summed E-state index contributed by atoms with van der Waals surface area (Å²) < 4.78 is 2.02. The van der Waals surface area contributed by atoms with Crippen molar-refractivity contribution in [1.82, 2.24) is 14.5 Å². The van der Waals surface area contributed by atoms with E-state index >= 15 is 0 Å². The number of carboxylic acid groups (broad SMARTS) is 1. The topological polar surface area (TPSA) is 84.4 Å². The minimum absolute atomic E-state index is 0.0790. The molecule has 0 amide bonds. The monoisotopic (exact) mass is 328 g/mol. The molecule has 3 rings (SSSR count). The maximum Gasteiger partial charge on any atom is 0.321 e. The van der Waals surface area contributed by atoms with E-state index in [4.69, 9.17) is 5.73 Å². The smallest absolute Gasteiger partial charge is 0.321 e. The second-order valence-electron chi connectivity index (χ2n) is 6.44. The van der Waals surface area contributed by atoms with Crippen molar-refractivity contribution >= 4 is 5.97 Å². The lowest BCUT2D eigenvalue weighted by atomic mass is 10.1. The molecule has 0 radical (unpaired) electrons. The normalized spacial score (nSPS) is 19.5. The Morgan fingerprint density at radius 2 is 2.17 bits per heavy atom. The summed E-state index contributed by atoms with van der Waals surface area (Å²) in [5.41, 5.74) is 8.00. The summed E-state index contributed by atoms with van der Waals surface area (Å²) in [5.74, 6) is -0.803. The highest BCUT2D eigenvalue weighted by Gasteiger charge is 2.31. The van der Waals surface area contributed by atoms with Crippen molar-refractivity contribution in [2.75, 3.05) is 13.1 Å². The Labute approximate surface area is 141 Å². The molecule has 1 aliphatic rings. The second kappa shape index (κ2) is 7.59. The number of benzene rings is 1. The molecule has 0 bridgehead atoms. The molecule has 1 fully saturated rings. The van der Waals surface area contributed by atoms with E-state index in [-0.39, 0.29) is 6.04 Å². The van der Waals surface area contributed by atoms with E-state index in [2.05, 4.69) is 17.1 Å². The first-order valence-corrected chi connectivity index (χ1v) is 8.39. The van der Waals surface area contributed by atoms with Gasteiger partial charge < -0.3 is 15.4 Å². The predicted octanol–water partition coefficient (Wildman–Crippen LogP) is 1.15. The van der Waals surface area contributed by atoms with Gasteiger partial charge in [-0.15, -0.1) is 0 Å². The summed E-state index contributed by atoms with van der Waals surface area (Å²) in [6.45, 7) is 2.22. The summed E-state index contributed by atoms with van der Waals surface area (Å²) in [4.78, 5) is 17.9. The standard InChI is InChI=1S/C18H24N4O2/c19-15-7-9-22(11-15)17(18(23)24)10-16-12-21(13-20-16)8-6-14-4-2-1-3-5-14/h1-5,12-13,15,17H,6-11,19H2,(H,23,24)/t15-,17-/m0/s1. The van der Waals surface area contributed by atoms with Crippen molar-refractivity contribution in [3.63, 3.8) is 0 Å². The lowest BCUT2D eigenvalue weighted by Crippen LogP contribution is -2.42. The SMILES string of the molecule is N[C@H]1CCN([C@@H](Cc2cn(CCc3ccccc3)cn2)C(=O)O)C1. The number of hydrogen-bond acceptors (Lipinski definition) is 4. The fraction of sp³-hybridized carbons (Fsp3) is 0.444. The van der Waals surface area contributed by atoms with Crippen LogP contribution in [0.3, 0.4) is 0 Å². The number of hydrogen-bond donors (Lipinski definition) is 2. The maximum absolute atomic E-state index is 11.6. The Bertz CT molecular complexity index is 671. The quantitative estimate of drug-likeness (QED) is 0.797. The molecular weight excluding hydrogens is 304 g/mol. The number of carbonyl (C=O) groups is 1. The minimum atomic E-state index is -0.803. The largest absolute Gasteiger partial charge is 0.480 e. The average Bonchev–Trinajstić information content (AvgIpc) is 3.20. The minimum Gasteiger partial charge on any atom is -0.480 e. The number of nitrogens with zero attached hydrogens (tertiary/aromatic N) is 3. The molecule has 3 N–H and O–H groups in total. The molecule has 2 heterocycles. The molecule has 6 nitrogen and oxygen atoms in total. The Balaban J connectivity index is 1.58. The van der Waals surface area contributed by atoms with Crippen LogP contribution in [0.4, 0.5) is 0 Å². The first kappa shape index (κ1) is 16.7. The molecule has 0 unspecified atom stereocenters. The van der Waals surface area contributed by atoms with E-state index in [0.29, 0.717) is 13.0 Å². The van der Waals surface area contributed by atoms with Crippen molar-refractivity contribution < 1.29 is 9.90 Å². The summed E-state index contributed by atoms with van der Waals surface area (Å²) in [6, 6.07) is 9.82. The van der Waals surface area contributed by atoms with Gasteiger partial charge in [-0.3, -0.25) is 9.69 Å². The van der Waals surface area contributed by atoms with Crippen LogP contribution in [0, 0.1) is 0 Å². The molecule has 1 aliphatic heterocycles. The van der Waals surface area contributed by atoms with Crippen molar-refractivity contribution in [3.05, 3.63) is 54.1 Å². The summed E-state index contributed by atoms with van der Waals surface area (Å²) in [5, 5.41) is 9.52. The van der Waals surface area contributed by atoms with Gasteiger partial charge in [0, 0.05) is 38.3 Å². The molecule has 6 heteroatoms. The molecule has 24 heavy (non-hydrogen) atoms. The van der Waals surface area contributed by atoms with Crippen molar-refractivity contribution in [3.8, 4) is 0 Å². The molecule has 1 aromatic carbocycles. The van der Waals surface area contributed by atoms with E-state index in [1.54, 1.807) is 6.33 Å². The molecule has 2 aromatic rings. The van der Waals surface area contributed by atoms with Gasteiger partial charge in [-0.25, -0.2) is 4.98 Å². The first-order chi connectivity index (χ1) is 11.6. The molecule has 1 saturated heterocycles. The lowest BCUT2D eigenvalue weighted by Gasteiger charge is -2.23. The third-order valence-electron chi connectivity index (χ3n) is 4.57. The number of nitrogens with two attached hydrogens (primary N) is 1. The van der Waals surface area contributed by atoms with Crippen molar-refractivity contribution in [2.24, 2.45) is 5.73 Å². The van der Waals surface area contributed by atoms with E-state index in [1.165, 1.54) is 5.56 Å². The van der Waals surface area contributed by atoms with Crippen LogP contribution in [0.25, 0.3) is 0 Å². The molecule has 0 spiro atoms. The van der Waals surface area contributed by atoms with Crippen LogP contribution >= 0.6 is 0 Å². The van der Waals surface area contributed by atoms with Crippen LogP contribution in [-0.2, 0) is 24.2 Å². The zero-order valence-corrected chi connectivity index (χ0v) is 13.7. The van der Waals surface area contributed by atoms with Gasteiger partial charge in [0.1, 0.15) is 6.04 Å². The van der Waals surface area contributed by atoms with Crippen molar-refractivity contribution in [1.29, 1.82) is 0 Å². The average molecular weight is 328 g/mol. The van der Waals surface area contributed by atoms with Gasteiger partial charge in [0.25, 0.3) is 0 Å². The molecule has 0 saturated carbocycles. The third kappa shape index (κ3) is 4.21. The number of aromatic nitrogens is 2. The fourth-order valence-corrected chi connectivity index (χ4v) is 3.21. The van der Waals surface area contributed by atoms with Gasteiger partial charge in [-0.05, 0) is 18.4 Å². The molecule has 1 aromatic heterocycles. The van der Waals surface area contributed by atoms with Crippen LogP contribution in [0.5, 0.6) is 0 Å². The zero-order chi connectivity index (χ0) is 16.9. The highest BCUT2D eigenvalue weighted by molar-refractivity contribution is 5.73. The molecule has 128 valence electrons. The van der Waals surface area contributed by atoms with Crippen LogP contribution in [0.2, 0.25) is 0 Å². The fourth-order valence-electron chi connectivity index (χ4n) is 3.21. The van der Waals surface area contributed by atoms with Crippen LogP contribution in [0.15, 0.2) is 42.9 Å². The Morgan fingerprint density at radius 1 is 1.38 bits per heavy atom. The Hall–Kier alpha value is -2.18. The Morgan fingerprint density at radius 3 is 2.83 bits per heavy atom. The lowest BCUT2D eigenvalue weighted by molar-refractivity contribution is -0.142. The number of aryl methyl sites for hydroxylation is 2. The molecule has 2 atom stereocenters. The van der Waals surface area contributed by atoms with Crippen molar-refractivity contribution in [2.45, 2.75) is 37.9 Å². The van der Waals surface area contributed by atoms with E-state index in [0.717, 1.165) is 31.6 Å². The number of likely N-dealkylation sites (tertiary alicyclic amines) is 1. The summed E-state index contributed by atoms with van der Waals surface area (Å²) in [7, 11) is 0. The summed E-state index contributed by atoms with van der Waals surface area (Å²) >= 11 is 0. The van der Waals surface area contributed by atoms with Gasteiger partial charge in [-0.1, -0.05) is 30.3 Å². The van der Waals surface area contributed by atoms with Crippen LogP contribution < -0.4 is 5.73 Å². The van der Waals surface area contributed by atoms with Gasteiger partial charge in [-0.2, -0.15) is 0 Å². The molecular formula is C18H24N4O2. The Kier molecular flexibility index (Phi) is 5.27. The third-order valence-corrected chi connectivity index (χ3v) is 4.57. The van der Waals surface area contributed by atoms with Gasteiger partial charge in [0.2, 0.25) is 0 Å². The first-order valence-electron chi connectivity index (χ1n) is 8.39. The van der Waals surface area contributed by atoms with Gasteiger partial charge in [0.05, 0.1) is 12.0 Å². The molecule has 0 aliphatic carbocycles. The van der Waals surface area contributed by atoms with Crippen LogP contribution in [-0.4, -0.2) is 50.7 Å². The van der Waals surface area contributed by atoms with Gasteiger partial charge in [0.15, 0.2) is 0 Å². The van der Waals surface area contributed by atoms with E-state index < -0.39 is 12.0 Å². The van der Waals surface area contributed by atoms with E-state index in [1.807, 2.05) is 33.9 Å². The van der Waals surface area contributed by atoms with Gasteiger partial charge >= 0.3 is 5.97 Å². The van der Waals surface area contributed by atoms with Crippen LogP contribution in [0.1, 0.15) is 17.7 Å². The zero-order valence-electron chi connectivity index (χ0n) is 13.7. The number of rotatable bonds is 7. The highest BCUT2D eigenvalue weighted by Crippen LogP contribution is 2.15. The number of aliphatic carboxylic acids is 1. The summed E-state index contributed by atoms with van der Waals surface area (Å²) in [6.07, 6.45) is 5.94. The predicted molar refractivity (Wildman–Crippen MR) is 91.7 cm³/mol. The number of carboxylic acids is 1. The van der Waals surface area contributed by atoms with E-state index in [9.17, 15) is 9.90 Å². The maximum atomic E-state index is 11.6.